The van der Waals surface area contributed by atoms with Crippen molar-refractivity contribution in [3.8, 4) is 24.0 Å². The van der Waals surface area contributed by atoms with E-state index in [9.17, 15) is 4.79 Å². The third-order valence-corrected chi connectivity index (χ3v) is 5.95. The molecular formula is C31H32N4O5. The number of carbonyl (C=O) groups is 1. The molecule has 0 fully saturated rings. The molecule has 3 aromatic carbocycles. The Morgan fingerprint density at radius 2 is 1.80 bits per heavy atom. The van der Waals surface area contributed by atoms with Crippen LogP contribution in [0.5, 0.6) is 11.6 Å². The van der Waals surface area contributed by atoms with Crippen molar-refractivity contribution in [2.75, 3.05) is 45.3 Å². The summed E-state index contributed by atoms with van der Waals surface area (Å²) < 4.78 is 16.9. The number of benzene rings is 3. The van der Waals surface area contributed by atoms with Crippen LogP contribution in [-0.2, 0) is 15.9 Å². The predicted octanol–water partition coefficient (Wildman–Crippen LogP) is 3.72. The number of nitrogens with zero attached hydrogens (tertiary/aromatic N) is 2. The van der Waals surface area contributed by atoms with E-state index in [1.165, 1.54) is 0 Å². The van der Waals surface area contributed by atoms with E-state index in [1.54, 1.807) is 30.5 Å². The van der Waals surface area contributed by atoms with E-state index in [0.29, 0.717) is 80.1 Å². The van der Waals surface area contributed by atoms with E-state index < -0.39 is 0 Å². The molecule has 0 radical (unpaired) electrons. The van der Waals surface area contributed by atoms with Gasteiger partial charge in [0.15, 0.2) is 0 Å². The van der Waals surface area contributed by atoms with Gasteiger partial charge in [0.1, 0.15) is 11.6 Å². The number of hydrogen-bond acceptors (Lipinski definition) is 8. The Bertz CT molecular complexity index is 1480. The number of terminal acetylenes is 1. The lowest BCUT2D eigenvalue weighted by molar-refractivity contribution is 0.0432. The number of fused-ring (bicyclic) bond motifs is 1. The quantitative estimate of drug-likeness (QED) is 0.125. The van der Waals surface area contributed by atoms with Crippen molar-refractivity contribution in [1.29, 1.82) is 0 Å². The van der Waals surface area contributed by atoms with Crippen molar-refractivity contribution in [2.24, 2.45) is 0 Å². The summed E-state index contributed by atoms with van der Waals surface area (Å²) in [5, 5.41) is 13.4. The first-order chi connectivity index (χ1) is 19.6. The summed E-state index contributed by atoms with van der Waals surface area (Å²) in [6.45, 7) is 2.13. The molecule has 4 rings (SSSR count). The Balaban J connectivity index is 1.37. The van der Waals surface area contributed by atoms with Crippen LogP contribution in [0.4, 0.5) is 5.69 Å². The van der Waals surface area contributed by atoms with Crippen LogP contribution >= 0.6 is 0 Å². The average Bonchev–Trinajstić information content (AvgIpc) is 2.98. The molecule has 1 aromatic heterocycles. The summed E-state index contributed by atoms with van der Waals surface area (Å²) in [5.74, 6) is 3.91. The maximum absolute atomic E-state index is 12.8. The Kier molecular flexibility index (Phi) is 10.4. The molecule has 4 N–H and O–H groups in total. The highest BCUT2D eigenvalue weighted by Crippen LogP contribution is 2.32. The lowest BCUT2D eigenvalue weighted by atomic mass is 10.0. The summed E-state index contributed by atoms with van der Waals surface area (Å²) in [4.78, 5) is 21.7. The maximum Gasteiger partial charge on any atom is 0.251 e. The Labute approximate surface area is 233 Å². The van der Waals surface area contributed by atoms with Gasteiger partial charge in [-0.05, 0) is 42.3 Å². The van der Waals surface area contributed by atoms with Crippen molar-refractivity contribution in [3.05, 3.63) is 89.4 Å². The van der Waals surface area contributed by atoms with Gasteiger partial charge >= 0.3 is 0 Å². The topological polar surface area (TPSA) is 129 Å². The van der Waals surface area contributed by atoms with Crippen molar-refractivity contribution in [1.82, 2.24) is 15.3 Å². The van der Waals surface area contributed by atoms with Gasteiger partial charge in [-0.1, -0.05) is 30.2 Å². The molecule has 206 valence electrons. The molecule has 4 aromatic rings. The van der Waals surface area contributed by atoms with Gasteiger partial charge in [0.05, 0.1) is 19.8 Å². The molecule has 0 aliphatic carbocycles. The normalized spacial score (nSPS) is 10.8. The van der Waals surface area contributed by atoms with Crippen LogP contribution < -0.4 is 15.8 Å². The average molecular weight is 541 g/mol. The second-order valence-electron chi connectivity index (χ2n) is 8.91. The van der Waals surface area contributed by atoms with Crippen molar-refractivity contribution in [2.45, 2.75) is 12.8 Å². The fourth-order valence-corrected chi connectivity index (χ4v) is 4.04. The molecule has 1 amide bonds. The first-order valence-electron chi connectivity index (χ1n) is 13.0. The fourth-order valence-electron chi connectivity index (χ4n) is 4.04. The van der Waals surface area contributed by atoms with E-state index in [0.717, 1.165) is 16.3 Å². The minimum absolute atomic E-state index is 0.103. The van der Waals surface area contributed by atoms with Gasteiger partial charge in [0.25, 0.3) is 5.91 Å². The molecule has 0 atom stereocenters. The molecule has 0 unspecified atom stereocenters. The minimum atomic E-state index is -0.255. The fraction of sp³-hybridized carbons (Fsp3) is 0.258. The number of aromatic nitrogens is 2. The third-order valence-electron chi connectivity index (χ3n) is 5.95. The Hall–Kier alpha value is -4.49. The Morgan fingerprint density at radius 1 is 1.00 bits per heavy atom. The van der Waals surface area contributed by atoms with E-state index >= 15 is 0 Å². The third kappa shape index (κ3) is 8.01. The largest absolute Gasteiger partial charge is 0.438 e. The highest BCUT2D eigenvalue weighted by molar-refractivity contribution is 5.97. The number of amides is 1. The standard InChI is InChI=1S/C31H32N4O5/c1-2-22-18-23(20-24(19-22)31(37)34-12-15-39-17-16-38-14-5-13-36)21-29-33-11-10-30(35-29)40-28-9-8-27(32)25-6-3-4-7-26(25)28/h1,3-4,6-11,18-20,36H,5,12-17,21,32H2,(H,34,37). The lowest BCUT2D eigenvalue weighted by Gasteiger charge is -2.11. The van der Waals surface area contributed by atoms with E-state index in [2.05, 4.69) is 21.2 Å². The van der Waals surface area contributed by atoms with Crippen molar-refractivity contribution in [3.63, 3.8) is 0 Å². The predicted molar refractivity (Wildman–Crippen MR) is 153 cm³/mol. The van der Waals surface area contributed by atoms with Gasteiger partial charge < -0.3 is 30.4 Å². The molecule has 0 aliphatic rings. The number of aliphatic hydroxyl groups is 1. The number of carbonyl (C=O) groups excluding carboxylic acids is 1. The second kappa shape index (κ2) is 14.6. The lowest BCUT2D eigenvalue weighted by Crippen LogP contribution is -2.27. The zero-order chi connectivity index (χ0) is 28.2. The highest BCUT2D eigenvalue weighted by Gasteiger charge is 2.11. The molecule has 1 heterocycles. The second-order valence-corrected chi connectivity index (χ2v) is 8.91. The smallest absolute Gasteiger partial charge is 0.251 e. The van der Waals surface area contributed by atoms with Gasteiger partial charge in [-0.25, -0.2) is 4.98 Å². The number of nitrogens with one attached hydrogen (secondary N) is 1. The van der Waals surface area contributed by atoms with Gasteiger partial charge in [-0.15, -0.1) is 6.42 Å². The van der Waals surface area contributed by atoms with Gasteiger partial charge in [0.2, 0.25) is 5.88 Å². The van der Waals surface area contributed by atoms with E-state index in [4.69, 9.17) is 31.5 Å². The summed E-state index contributed by atoms with van der Waals surface area (Å²) in [5.41, 5.74) is 8.61. The zero-order valence-electron chi connectivity index (χ0n) is 22.1. The molecule has 0 bridgehead atoms. The number of ether oxygens (including phenoxy) is 3. The summed E-state index contributed by atoms with van der Waals surface area (Å²) in [6, 6.07) is 18.3. The number of aliphatic hydroxyl groups excluding tert-OH is 1. The Morgan fingerprint density at radius 3 is 2.60 bits per heavy atom. The molecule has 9 nitrogen and oxygen atoms in total. The first-order valence-corrected chi connectivity index (χ1v) is 13.0. The zero-order valence-corrected chi connectivity index (χ0v) is 22.1. The maximum atomic E-state index is 12.8. The monoisotopic (exact) mass is 540 g/mol. The SMILES string of the molecule is C#Cc1cc(Cc2nccc(Oc3ccc(N)c4ccccc34)n2)cc(C(=O)NCCOCCOCCCO)c1. The summed E-state index contributed by atoms with van der Waals surface area (Å²) in [7, 11) is 0. The molecule has 0 spiro atoms. The molecule has 40 heavy (non-hydrogen) atoms. The number of nitrogen functional groups attached to an aromatic ring is 1. The van der Waals surface area contributed by atoms with Crippen molar-refractivity contribution >= 4 is 22.4 Å². The number of anilines is 1. The van der Waals surface area contributed by atoms with Crippen LogP contribution in [0, 0.1) is 12.3 Å². The summed E-state index contributed by atoms with van der Waals surface area (Å²) >= 11 is 0. The van der Waals surface area contributed by atoms with Gasteiger partial charge in [0, 0.05) is 66.0 Å². The number of rotatable bonds is 14. The van der Waals surface area contributed by atoms with Gasteiger partial charge in [-0.3, -0.25) is 4.79 Å². The summed E-state index contributed by atoms with van der Waals surface area (Å²) in [6.07, 6.45) is 8.24. The van der Waals surface area contributed by atoms with Crippen LogP contribution in [0.1, 0.15) is 33.7 Å². The van der Waals surface area contributed by atoms with E-state index in [-0.39, 0.29) is 12.5 Å². The molecule has 0 saturated heterocycles. The number of nitrogens with two attached hydrogens (primary N) is 1. The molecular weight excluding hydrogens is 508 g/mol. The van der Waals surface area contributed by atoms with Gasteiger partial charge in [-0.2, -0.15) is 4.98 Å². The van der Waals surface area contributed by atoms with Crippen LogP contribution in [0.25, 0.3) is 10.8 Å². The van der Waals surface area contributed by atoms with E-state index in [1.807, 2.05) is 36.4 Å². The van der Waals surface area contributed by atoms with Crippen LogP contribution in [0.3, 0.4) is 0 Å². The van der Waals surface area contributed by atoms with Crippen LogP contribution in [0.15, 0.2) is 66.9 Å². The number of hydrogen-bond donors (Lipinski definition) is 3. The van der Waals surface area contributed by atoms with Crippen molar-refractivity contribution < 1.29 is 24.1 Å². The molecule has 0 aliphatic heterocycles. The molecule has 0 saturated carbocycles. The molecule has 9 heteroatoms. The first kappa shape index (κ1) is 28.5. The minimum Gasteiger partial charge on any atom is -0.438 e. The highest BCUT2D eigenvalue weighted by atomic mass is 16.5. The van der Waals surface area contributed by atoms with Crippen LogP contribution in [0.2, 0.25) is 0 Å². The van der Waals surface area contributed by atoms with Crippen LogP contribution in [-0.4, -0.2) is 60.6 Å².